The maximum Gasteiger partial charge on any atom is 0.264 e. The fourth-order valence-corrected chi connectivity index (χ4v) is 4.33. The van der Waals surface area contributed by atoms with Crippen molar-refractivity contribution >= 4 is 28.6 Å². The van der Waals surface area contributed by atoms with E-state index in [1.165, 1.54) is 0 Å². The molecule has 1 saturated heterocycles. The van der Waals surface area contributed by atoms with Gasteiger partial charge in [-0.05, 0) is 31.0 Å². The van der Waals surface area contributed by atoms with Crippen molar-refractivity contribution in [2.24, 2.45) is 0 Å². The van der Waals surface area contributed by atoms with E-state index in [0.29, 0.717) is 52.2 Å². The third-order valence-electron chi connectivity index (χ3n) is 6.07. The van der Waals surface area contributed by atoms with Gasteiger partial charge in [-0.15, -0.1) is 0 Å². The Balaban J connectivity index is 1.30. The summed E-state index contributed by atoms with van der Waals surface area (Å²) < 4.78 is 22.3. The quantitative estimate of drug-likeness (QED) is 0.584. The summed E-state index contributed by atoms with van der Waals surface area (Å²) >= 11 is 0. The molecule has 178 valence electrons. The van der Waals surface area contributed by atoms with Crippen LogP contribution in [0.2, 0.25) is 0 Å². The number of piperidine rings is 1. The number of nitrogens with one attached hydrogen (secondary N) is 1. The first-order valence-corrected chi connectivity index (χ1v) is 11.2. The van der Waals surface area contributed by atoms with Crippen LogP contribution in [-0.4, -0.2) is 61.9 Å². The maximum absolute atomic E-state index is 12.9. The van der Waals surface area contributed by atoms with E-state index in [1.807, 2.05) is 23.1 Å². The van der Waals surface area contributed by atoms with Crippen LogP contribution in [0.15, 0.2) is 36.4 Å². The van der Waals surface area contributed by atoms with Crippen molar-refractivity contribution in [3.63, 3.8) is 0 Å². The number of amides is 1. The highest BCUT2D eigenvalue weighted by Gasteiger charge is 2.31. The molecule has 10 nitrogen and oxygen atoms in total. The van der Waals surface area contributed by atoms with Crippen molar-refractivity contribution in [1.29, 1.82) is 0 Å². The number of nitrogens with two attached hydrogens (primary N) is 1. The Morgan fingerprint density at radius 1 is 1.15 bits per heavy atom. The molecule has 0 unspecified atom stereocenters. The smallest absolute Gasteiger partial charge is 0.264 e. The van der Waals surface area contributed by atoms with Crippen molar-refractivity contribution in [3.8, 4) is 23.0 Å². The molecule has 2 aliphatic heterocycles. The predicted molar refractivity (Wildman–Crippen MR) is 127 cm³/mol. The fraction of sp³-hybridized carbons (Fsp3) is 0.375. The Kier molecular flexibility index (Phi) is 5.87. The molecule has 1 amide bonds. The molecule has 1 fully saturated rings. The lowest BCUT2D eigenvalue weighted by Crippen LogP contribution is -2.53. The third kappa shape index (κ3) is 4.18. The Bertz CT molecular complexity index is 1220. The number of hydrogen-bond donors (Lipinski definition) is 2. The molecule has 0 saturated carbocycles. The maximum atomic E-state index is 12.9. The number of aromatic nitrogens is 2. The van der Waals surface area contributed by atoms with Crippen LogP contribution in [0.1, 0.15) is 12.8 Å². The minimum absolute atomic E-state index is 0.0760. The van der Waals surface area contributed by atoms with E-state index in [9.17, 15) is 4.79 Å². The Morgan fingerprint density at radius 3 is 2.71 bits per heavy atom. The van der Waals surface area contributed by atoms with Crippen LogP contribution in [-0.2, 0) is 4.79 Å². The van der Waals surface area contributed by atoms with Crippen molar-refractivity contribution < 1.29 is 23.7 Å². The molecular weight excluding hydrogens is 438 g/mol. The first kappa shape index (κ1) is 21.9. The lowest BCUT2D eigenvalue weighted by molar-refractivity contribution is -0.131. The van der Waals surface area contributed by atoms with E-state index in [4.69, 9.17) is 29.7 Å². The number of ether oxygens (including phenoxy) is 4. The van der Waals surface area contributed by atoms with Gasteiger partial charge in [0.05, 0.1) is 19.7 Å². The van der Waals surface area contributed by atoms with Gasteiger partial charge in [0.25, 0.3) is 5.91 Å². The number of carbonyl (C=O) groups excluding carboxylic acids is 1. The molecule has 2 aromatic carbocycles. The largest absolute Gasteiger partial charge is 0.493 e. The van der Waals surface area contributed by atoms with Crippen LogP contribution in [0.25, 0.3) is 10.9 Å². The summed E-state index contributed by atoms with van der Waals surface area (Å²) in [5.74, 6) is 3.04. The molecular formula is C24H27N5O5. The van der Waals surface area contributed by atoms with Crippen LogP contribution >= 0.6 is 0 Å². The zero-order valence-corrected chi connectivity index (χ0v) is 19.1. The summed E-state index contributed by atoms with van der Waals surface area (Å²) in [7, 11) is 3.15. The zero-order valence-electron chi connectivity index (χ0n) is 19.1. The van der Waals surface area contributed by atoms with Gasteiger partial charge in [-0.1, -0.05) is 12.1 Å². The lowest BCUT2D eigenvalue weighted by atomic mass is 10.1. The molecule has 0 spiro atoms. The van der Waals surface area contributed by atoms with Gasteiger partial charge >= 0.3 is 0 Å². The van der Waals surface area contributed by atoms with E-state index < -0.39 is 6.10 Å². The van der Waals surface area contributed by atoms with Crippen LogP contribution in [0, 0.1) is 0 Å². The number of para-hydroxylation sites is 2. The molecule has 0 radical (unpaired) electrons. The molecule has 0 aliphatic carbocycles. The van der Waals surface area contributed by atoms with E-state index in [2.05, 4.69) is 10.3 Å². The minimum Gasteiger partial charge on any atom is -0.493 e. The normalized spacial score (nSPS) is 19.5. The summed E-state index contributed by atoms with van der Waals surface area (Å²) in [4.78, 5) is 24.1. The van der Waals surface area contributed by atoms with Gasteiger partial charge in [0.15, 0.2) is 23.0 Å². The van der Waals surface area contributed by atoms with E-state index in [0.717, 1.165) is 19.4 Å². The molecule has 2 aliphatic rings. The minimum atomic E-state index is -0.694. The molecule has 2 atom stereocenters. The summed E-state index contributed by atoms with van der Waals surface area (Å²) in [6.07, 6.45) is 1.03. The molecule has 5 rings (SSSR count). The van der Waals surface area contributed by atoms with Gasteiger partial charge in [0, 0.05) is 30.6 Å². The standard InChI is InChI=1S/C24H27N5O5/c1-31-19-10-15-16(11-20(19)32-2)27-24(28-22(15)25)29-9-5-6-14(12-29)26-23(30)21-13-33-17-7-3-4-8-18(17)34-21/h3-4,7-8,10-11,14,21H,5-6,9,12-13H2,1-2H3,(H,26,30)(H2,25,27,28)/t14-,21+/m1/s1. The SMILES string of the molecule is COc1cc2nc(N3CCC[C@@H](NC(=O)[C@@H]4COc5ccccc5O4)C3)nc(N)c2cc1OC. The van der Waals surface area contributed by atoms with E-state index in [1.54, 1.807) is 32.4 Å². The average Bonchev–Trinajstić information content (AvgIpc) is 2.87. The summed E-state index contributed by atoms with van der Waals surface area (Å²) in [5.41, 5.74) is 6.92. The summed E-state index contributed by atoms with van der Waals surface area (Å²) in [5, 5.41) is 3.79. The molecule has 0 bridgehead atoms. The number of nitrogens with zero attached hydrogens (tertiary/aromatic N) is 3. The molecule has 3 N–H and O–H groups in total. The number of hydrogen-bond acceptors (Lipinski definition) is 9. The number of carbonyl (C=O) groups is 1. The first-order valence-electron chi connectivity index (χ1n) is 11.2. The molecule has 3 heterocycles. The number of anilines is 2. The Morgan fingerprint density at radius 2 is 1.91 bits per heavy atom. The van der Waals surface area contributed by atoms with Gasteiger partial charge < -0.3 is 34.9 Å². The second-order valence-electron chi connectivity index (χ2n) is 8.29. The number of nitrogen functional groups attached to an aromatic ring is 1. The molecule has 34 heavy (non-hydrogen) atoms. The topological polar surface area (TPSA) is 121 Å². The van der Waals surface area contributed by atoms with Crippen LogP contribution in [0.5, 0.6) is 23.0 Å². The second kappa shape index (κ2) is 9.12. The van der Waals surface area contributed by atoms with Crippen LogP contribution in [0.3, 0.4) is 0 Å². The highest BCUT2D eigenvalue weighted by Crippen LogP contribution is 2.34. The van der Waals surface area contributed by atoms with Crippen molar-refractivity contribution in [2.45, 2.75) is 25.0 Å². The Hall–Kier alpha value is -3.95. The summed E-state index contributed by atoms with van der Waals surface area (Å²) in [6.45, 7) is 1.50. The van der Waals surface area contributed by atoms with Crippen molar-refractivity contribution in [2.75, 3.05) is 44.5 Å². The molecule has 10 heteroatoms. The number of fused-ring (bicyclic) bond motifs is 2. The Labute approximate surface area is 197 Å². The van der Waals surface area contributed by atoms with Gasteiger partial charge in [-0.2, -0.15) is 4.98 Å². The van der Waals surface area contributed by atoms with E-state index >= 15 is 0 Å². The van der Waals surface area contributed by atoms with E-state index in [-0.39, 0.29) is 18.6 Å². The number of methoxy groups -OCH3 is 2. The summed E-state index contributed by atoms with van der Waals surface area (Å²) in [6, 6.07) is 10.8. The van der Waals surface area contributed by atoms with Gasteiger partial charge in [-0.3, -0.25) is 4.79 Å². The highest BCUT2D eigenvalue weighted by atomic mass is 16.6. The van der Waals surface area contributed by atoms with Gasteiger partial charge in [0.2, 0.25) is 12.1 Å². The van der Waals surface area contributed by atoms with Crippen LogP contribution in [0.4, 0.5) is 11.8 Å². The second-order valence-corrected chi connectivity index (χ2v) is 8.29. The van der Waals surface area contributed by atoms with Crippen molar-refractivity contribution in [3.05, 3.63) is 36.4 Å². The first-order chi connectivity index (χ1) is 16.6. The van der Waals surface area contributed by atoms with Gasteiger partial charge in [0.1, 0.15) is 12.4 Å². The molecule has 1 aromatic heterocycles. The fourth-order valence-electron chi connectivity index (χ4n) is 4.33. The molecule has 3 aromatic rings. The zero-order chi connectivity index (χ0) is 23.7. The average molecular weight is 466 g/mol. The third-order valence-corrected chi connectivity index (χ3v) is 6.07. The number of benzene rings is 2. The monoisotopic (exact) mass is 465 g/mol. The van der Waals surface area contributed by atoms with Crippen molar-refractivity contribution in [1.82, 2.24) is 15.3 Å². The van der Waals surface area contributed by atoms with Gasteiger partial charge in [-0.25, -0.2) is 4.98 Å². The lowest BCUT2D eigenvalue weighted by Gasteiger charge is -2.34. The number of rotatable bonds is 5. The van der Waals surface area contributed by atoms with Crippen LogP contribution < -0.4 is 34.9 Å². The highest BCUT2D eigenvalue weighted by molar-refractivity contribution is 5.91. The predicted octanol–water partition coefficient (Wildman–Crippen LogP) is 2.15.